The van der Waals surface area contributed by atoms with Gasteiger partial charge in [0.1, 0.15) is 17.7 Å². The topological polar surface area (TPSA) is 120 Å². The number of nitriles is 1. The number of carbonyl (C=O) groups is 2. The Morgan fingerprint density at radius 1 is 1.38 bits per heavy atom. The SMILES string of the molecule is CC(NC(=O)OC(C)(C)C)C(=O)NC1CCN(c2nccnc2C#N)C1. The molecule has 2 N–H and O–H groups in total. The van der Waals surface area contributed by atoms with Crippen LogP contribution in [-0.4, -0.2) is 52.7 Å². The zero-order valence-electron chi connectivity index (χ0n) is 15.4. The molecule has 1 aliphatic rings. The van der Waals surface area contributed by atoms with Gasteiger partial charge >= 0.3 is 6.09 Å². The lowest BCUT2D eigenvalue weighted by Gasteiger charge is -2.23. The molecule has 0 spiro atoms. The Hall–Kier alpha value is -2.89. The molecule has 9 heteroatoms. The molecule has 2 atom stereocenters. The van der Waals surface area contributed by atoms with Crippen molar-refractivity contribution in [1.29, 1.82) is 5.26 Å². The Morgan fingerprint density at radius 3 is 2.73 bits per heavy atom. The number of rotatable bonds is 4. The predicted octanol–water partition coefficient (Wildman–Crippen LogP) is 0.956. The highest BCUT2D eigenvalue weighted by Gasteiger charge is 2.28. The first kappa shape index (κ1) is 19.4. The Labute approximate surface area is 152 Å². The molecule has 1 aromatic heterocycles. The maximum Gasteiger partial charge on any atom is 0.408 e. The number of anilines is 1. The van der Waals surface area contributed by atoms with E-state index in [0.29, 0.717) is 25.3 Å². The molecule has 2 rings (SSSR count). The highest BCUT2D eigenvalue weighted by Crippen LogP contribution is 2.20. The summed E-state index contributed by atoms with van der Waals surface area (Å²) in [6.45, 7) is 8.05. The molecule has 2 unspecified atom stereocenters. The van der Waals surface area contributed by atoms with E-state index in [4.69, 9.17) is 10.00 Å². The Morgan fingerprint density at radius 2 is 2.08 bits per heavy atom. The minimum atomic E-state index is -0.718. The van der Waals surface area contributed by atoms with Gasteiger partial charge in [-0.1, -0.05) is 0 Å². The smallest absolute Gasteiger partial charge is 0.408 e. The predicted molar refractivity (Wildman–Crippen MR) is 94.3 cm³/mol. The highest BCUT2D eigenvalue weighted by atomic mass is 16.6. The van der Waals surface area contributed by atoms with Crippen molar-refractivity contribution in [2.24, 2.45) is 0 Å². The van der Waals surface area contributed by atoms with E-state index in [9.17, 15) is 9.59 Å². The van der Waals surface area contributed by atoms with E-state index in [1.807, 2.05) is 11.0 Å². The Bertz CT molecular complexity index is 709. The number of nitrogens with one attached hydrogen (secondary N) is 2. The van der Waals surface area contributed by atoms with Gasteiger partial charge in [-0.2, -0.15) is 5.26 Å². The van der Waals surface area contributed by atoms with E-state index < -0.39 is 17.7 Å². The summed E-state index contributed by atoms with van der Waals surface area (Å²) in [5, 5.41) is 14.5. The van der Waals surface area contributed by atoms with Gasteiger partial charge in [0.15, 0.2) is 11.5 Å². The summed E-state index contributed by atoms with van der Waals surface area (Å²) < 4.78 is 5.14. The third kappa shape index (κ3) is 5.31. The summed E-state index contributed by atoms with van der Waals surface area (Å²) in [5.41, 5.74) is -0.360. The minimum Gasteiger partial charge on any atom is -0.444 e. The van der Waals surface area contributed by atoms with Crippen LogP contribution in [0.1, 0.15) is 39.8 Å². The first-order chi connectivity index (χ1) is 12.2. The van der Waals surface area contributed by atoms with Gasteiger partial charge in [0.25, 0.3) is 0 Å². The first-order valence-electron chi connectivity index (χ1n) is 8.45. The molecule has 2 heterocycles. The molecule has 1 aromatic rings. The van der Waals surface area contributed by atoms with Gasteiger partial charge in [0.05, 0.1) is 0 Å². The number of hydrogen-bond acceptors (Lipinski definition) is 7. The van der Waals surface area contributed by atoms with Crippen molar-refractivity contribution in [2.75, 3.05) is 18.0 Å². The normalized spacial score (nSPS) is 18.0. The fourth-order valence-corrected chi connectivity index (χ4v) is 2.59. The van der Waals surface area contributed by atoms with Gasteiger partial charge in [0.2, 0.25) is 5.91 Å². The van der Waals surface area contributed by atoms with Gasteiger partial charge in [-0.05, 0) is 34.1 Å². The van der Waals surface area contributed by atoms with Crippen molar-refractivity contribution >= 4 is 17.8 Å². The molecule has 1 saturated heterocycles. The van der Waals surface area contributed by atoms with E-state index in [2.05, 4.69) is 20.6 Å². The second-order valence-corrected chi connectivity index (χ2v) is 7.15. The molecule has 140 valence electrons. The van der Waals surface area contributed by atoms with Gasteiger partial charge in [0, 0.05) is 31.5 Å². The largest absolute Gasteiger partial charge is 0.444 e. The molecule has 26 heavy (non-hydrogen) atoms. The number of carbonyl (C=O) groups excluding carboxylic acids is 2. The van der Waals surface area contributed by atoms with E-state index in [1.54, 1.807) is 27.7 Å². The summed E-state index contributed by atoms with van der Waals surface area (Å²) >= 11 is 0. The molecule has 0 saturated carbocycles. The fraction of sp³-hybridized carbons (Fsp3) is 0.588. The summed E-state index contributed by atoms with van der Waals surface area (Å²) in [6, 6.07) is 1.21. The molecular formula is C17H24N6O3. The van der Waals surface area contributed by atoms with Crippen molar-refractivity contribution in [3.63, 3.8) is 0 Å². The van der Waals surface area contributed by atoms with Crippen molar-refractivity contribution < 1.29 is 14.3 Å². The zero-order chi connectivity index (χ0) is 19.3. The molecular weight excluding hydrogens is 336 g/mol. The maximum atomic E-state index is 12.3. The van der Waals surface area contributed by atoms with Crippen LogP contribution in [0, 0.1) is 11.3 Å². The monoisotopic (exact) mass is 360 g/mol. The summed E-state index contributed by atoms with van der Waals surface area (Å²) in [4.78, 5) is 34.2. The second-order valence-electron chi connectivity index (χ2n) is 7.15. The molecule has 0 bridgehead atoms. The third-order valence-electron chi connectivity index (χ3n) is 3.75. The van der Waals surface area contributed by atoms with Gasteiger partial charge in [-0.25, -0.2) is 14.8 Å². The molecule has 1 aliphatic heterocycles. The van der Waals surface area contributed by atoms with Crippen molar-refractivity contribution in [3.8, 4) is 6.07 Å². The average molecular weight is 360 g/mol. The van der Waals surface area contributed by atoms with Crippen LogP contribution in [0.4, 0.5) is 10.6 Å². The Balaban J connectivity index is 1.87. The number of nitrogens with zero attached hydrogens (tertiary/aromatic N) is 4. The lowest BCUT2D eigenvalue weighted by Crippen LogP contribution is -2.49. The minimum absolute atomic E-state index is 0.0982. The molecule has 2 amide bonds. The van der Waals surface area contributed by atoms with Gasteiger partial charge < -0.3 is 20.3 Å². The standard InChI is InChI=1S/C17H24N6O3/c1-11(21-16(25)26-17(2,3)4)15(24)22-12-5-8-23(10-12)14-13(9-18)19-6-7-20-14/h6-7,11-12H,5,8,10H2,1-4H3,(H,21,25)(H,22,24). The Kier molecular flexibility index (Phi) is 5.97. The van der Waals surface area contributed by atoms with Crippen LogP contribution >= 0.6 is 0 Å². The maximum absolute atomic E-state index is 12.3. The summed E-state index contributed by atoms with van der Waals surface area (Å²) in [6.07, 6.45) is 3.09. The zero-order valence-corrected chi connectivity index (χ0v) is 15.4. The average Bonchev–Trinajstić information content (AvgIpc) is 3.01. The number of aromatic nitrogens is 2. The van der Waals surface area contributed by atoms with Gasteiger partial charge in [-0.15, -0.1) is 0 Å². The van der Waals surface area contributed by atoms with Crippen LogP contribution in [0.25, 0.3) is 0 Å². The number of ether oxygens (including phenoxy) is 1. The van der Waals surface area contributed by atoms with Gasteiger partial charge in [-0.3, -0.25) is 4.79 Å². The number of alkyl carbamates (subject to hydrolysis) is 1. The molecule has 1 fully saturated rings. The van der Waals surface area contributed by atoms with Crippen molar-refractivity contribution in [2.45, 2.75) is 51.8 Å². The summed E-state index contributed by atoms with van der Waals surface area (Å²) in [5.74, 6) is 0.231. The van der Waals surface area contributed by atoms with Crippen LogP contribution < -0.4 is 15.5 Å². The van der Waals surface area contributed by atoms with Crippen LogP contribution in [-0.2, 0) is 9.53 Å². The van der Waals surface area contributed by atoms with Crippen molar-refractivity contribution in [1.82, 2.24) is 20.6 Å². The third-order valence-corrected chi connectivity index (χ3v) is 3.75. The van der Waals surface area contributed by atoms with Crippen LogP contribution in [0.2, 0.25) is 0 Å². The van der Waals surface area contributed by atoms with Crippen LogP contribution in [0.5, 0.6) is 0 Å². The lowest BCUT2D eigenvalue weighted by molar-refractivity contribution is -0.123. The first-order valence-corrected chi connectivity index (χ1v) is 8.45. The second kappa shape index (κ2) is 7.99. The number of hydrogen-bond donors (Lipinski definition) is 2. The molecule has 9 nitrogen and oxygen atoms in total. The van der Waals surface area contributed by atoms with Crippen molar-refractivity contribution in [3.05, 3.63) is 18.1 Å². The van der Waals surface area contributed by atoms with E-state index in [1.165, 1.54) is 12.4 Å². The van der Waals surface area contributed by atoms with Crippen LogP contribution in [0.15, 0.2) is 12.4 Å². The fourth-order valence-electron chi connectivity index (χ4n) is 2.59. The van der Waals surface area contributed by atoms with E-state index >= 15 is 0 Å². The summed E-state index contributed by atoms with van der Waals surface area (Å²) in [7, 11) is 0. The van der Waals surface area contributed by atoms with E-state index in [0.717, 1.165) is 0 Å². The number of amides is 2. The molecule has 0 aliphatic carbocycles. The van der Waals surface area contributed by atoms with E-state index in [-0.39, 0.29) is 17.6 Å². The highest BCUT2D eigenvalue weighted by molar-refractivity contribution is 5.85. The quantitative estimate of drug-likeness (QED) is 0.820. The molecule has 0 aromatic carbocycles. The van der Waals surface area contributed by atoms with Crippen LogP contribution in [0.3, 0.4) is 0 Å². The lowest BCUT2D eigenvalue weighted by atomic mass is 10.2. The molecule has 0 radical (unpaired) electrons.